The van der Waals surface area contributed by atoms with Crippen molar-refractivity contribution >= 4 is 28.6 Å². The first-order valence-electron chi connectivity index (χ1n) is 11.1. The van der Waals surface area contributed by atoms with Gasteiger partial charge in [0, 0.05) is 6.42 Å². The molecular formula is C26H22N4O5. The van der Waals surface area contributed by atoms with Crippen molar-refractivity contribution in [2.45, 2.75) is 25.9 Å². The number of hydrogen-bond donors (Lipinski definition) is 0. The van der Waals surface area contributed by atoms with Gasteiger partial charge >= 0.3 is 5.97 Å². The lowest BCUT2D eigenvalue weighted by Crippen LogP contribution is -2.32. The highest BCUT2D eigenvalue weighted by Crippen LogP contribution is 2.33. The van der Waals surface area contributed by atoms with Crippen LogP contribution in [0.3, 0.4) is 0 Å². The molecule has 2 aromatic heterocycles. The molecule has 0 saturated heterocycles. The number of hydrazone groups is 1. The van der Waals surface area contributed by atoms with Crippen LogP contribution in [0.25, 0.3) is 11.0 Å². The zero-order chi connectivity index (χ0) is 24.4. The lowest BCUT2D eigenvalue weighted by atomic mass is 10.0. The molecule has 1 unspecified atom stereocenters. The summed E-state index contributed by atoms with van der Waals surface area (Å²) in [6.07, 6.45) is 3.16. The van der Waals surface area contributed by atoms with E-state index in [1.165, 1.54) is 9.58 Å². The number of hydrogen-bond acceptors (Lipinski definition) is 7. The van der Waals surface area contributed by atoms with E-state index < -0.39 is 30.1 Å². The third kappa shape index (κ3) is 4.61. The zero-order valence-corrected chi connectivity index (χ0v) is 19.0. The van der Waals surface area contributed by atoms with E-state index in [9.17, 15) is 14.4 Å². The highest BCUT2D eigenvalue weighted by Gasteiger charge is 2.35. The lowest BCUT2D eigenvalue weighted by molar-refractivity contribution is -0.153. The first-order valence-corrected chi connectivity index (χ1v) is 11.1. The summed E-state index contributed by atoms with van der Waals surface area (Å²) in [5.74, 6) is -0.618. The molecule has 5 rings (SSSR count). The zero-order valence-electron chi connectivity index (χ0n) is 19.0. The van der Waals surface area contributed by atoms with Crippen LogP contribution in [0.2, 0.25) is 0 Å². The van der Waals surface area contributed by atoms with E-state index in [0.717, 1.165) is 23.0 Å². The van der Waals surface area contributed by atoms with E-state index in [1.807, 2.05) is 31.2 Å². The quantitative estimate of drug-likeness (QED) is 0.401. The number of para-hydroxylation sites is 2. The van der Waals surface area contributed by atoms with Crippen molar-refractivity contribution in [1.82, 2.24) is 14.6 Å². The molecule has 9 heteroatoms. The fourth-order valence-corrected chi connectivity index (χ4v) is 4.02. The number of nitrogens with zero attached hydrogens (tertiary/aromatic N) is 4. The number of carbonyl (C=O) groups excluding carboxylic acids is 2. The molecule has 3 heterocycles. The Morgan fingerprint density at radius 3 is 2.66 bits per heavy atom. The van der Waals surface area contributed by atoms with Gasteiger partial charge < -0.3 is 9.15 Å². The molecule has 0 fully saturated rings. The topological polar surface area (TPSA) is 107 Å². The Bertz CT molecular complexity index is 1470. The maximum Gasteiger partial charge on any atom is 0.326 e. The average molecular weight is 470 g/mol. The minimum Gasteiger partial charge on any atom is -0.467 e. The van der Waals surface area contributed by atoms with Gasteiger partial charge in [-0.15, -0.1) is 0 Å². The third-order valence-electron chi connectivity index (χ3n) is 5.82. The lowest BCUT2D eigenvalue weighted by Gasteiger charge is -2.19. The summed E-state index contributed by atoms with van der Waals surface area (Å²) >= 11 is 0. The number of aromatic nitrogens is 2. The number of ether oxygens (including phenoxy) is 1. The number of fused-ring (bicyclic) bond motifs is 1. The molecule has 35 heavy (non-hydrogen) atoms. The number of aryl methyl sites for hydroxylation is 1. The Morgan fingerprint density at radius 2 is 1.89 bits per heavy atom. The molecule has 1 atom stereocenters. The van der Waals surface area contributed by atoms with Crippen LogP contribution in [0.4, 0.5) is 0 Å². The number of esters is 1. The van der Waals surface area contributed by atoms with Gasteiger partial charge in [-0.2, -0.15) is 5.10 Å². The van der Waals surface area contributed by atoms with Crippen molar-refractivity contribution in [2.24, 2.45) is 5.10 Å². The number of rotatable bonds is 6. The van der Waals surface area contributed by atoms with Crippen molar-refractivity contribution in [3.05, 3.63) is 100 Å². The number of amides is 1. The molecule has 1 amide bonds. The van der Waals surface area contributed by atoms with Gasteiger partial charge in [0.05, 0.1) is 29.2 Å². The molecule has 0 saturated carbocycles. The molecule has 2 aromatic carbocycles. The molecule has 0 N–H and O–H groups in total. The van der Waals surface area contributed by atoms with Crippen molar-refractivity contribution in [2.75, 3.05) is 6.61 Å². The molecule has 0 spiro atoms. The van der Waals surface area contributed by atoms with E-state index in [0.29, 0.717) is 23.2 Å². The van der Waals surface area contributed by atoms with Crippen LogP contribution in [0.5, 0.6) is 0 Å². The van der Waals surface area contributed by atoms with Crippen LogP contribution in [0, 0.1) is 6.92 Å². The molecular weight excluding hydrogens is 448 g/mol. The van der Waals surface area contributed by atoms with Crippen LogP contribution >= 0.6 is 0 Å². The second kappa shape index (κ2) is 9.38. The molecule has 1 aliphatic rings. The fraction of sp³-hybridized carbons (Fsp3) is 0.192. The minimum absolute atomic E-state index is 0.339. The molecule has 4 aromatic rings. The number of furan rings is 1. The SMILES string of the molecule is Cc1ccc(C2=NN(C(=O)COC(=O)Cn3c(=O)cnc4ccccc43)C(c3ccco3)C2)cc1. The fourth-order valence-electron chi connectivity index (χ4n) is 4.02. The predicted molar refractivity (Wildman–Crippen MR) is 128 cm³/mol. The maximum atomic E-state index is 13.0. The van der Waals surface area contributed by atoms with Gasteiger partial charge in [-0.25, -0.2) is 9.99 Å². The van der Waals surface area contributed by atoms with Gasteiger partial charge in [0.1, 0.15) is 18.3 Å². The normalized spacial score (nSPS) is 15.3. The standard InChI is InChI=1S/C26H22N4O5/c1-17-8-10-18(11-9-17)20-13-22(23-7-4-12-34-23)30(28-20)25(32)16-35-26(33)15-29-21-6-3-2-5-19(21)27-14-24(29)31/h2-12,14,22H,13,15-16H2,1H3. The molecule has 176 valence electrons. The Labute approximate surface area is 200 Å². The summed E-state index contributed by atoms with van der Waals surface area (Å²) in [5.41, 5.74) is 3.41. The summed E-state index contributed by atoms with van der Waals surface area (Å²) in [5, 5.41) is 5.83. The number of carbonyl (C=O) groups is 2. The molecule has 1 aliphatic heterocycles. The van der Waals surface area contributed by atoms with Gasteiger partial charge in [-0.05, 0) is 36.8 Å². The van der Waals surface area contributed by atoms with E-state index in [1.54, 1.807) is 42.7 Å². The van der Waals surface area contributed by atoms with E-state index in [-0.39, 0.29) is 6.54 Å². The van der Waals surface area contributed by atoms with Crippen LogP contribution in [-0.4, -0.2) is 38.8 Å². The van der Waals surface area contributed by atoms with Crippen LogP contribution in [0.15, 0.2) is 87.4 Å². The van der Waals surface area contributed by atoms with Crippen LogP contribution < -0.4 is 5.56 Å². The van der Waals surface area contributed by atoms with Gasteiger partial charge in [-0.1, -0.05) is 42.0 Å². The summed E-state index contributed by atoms with van der Waals surface area (Å²) in [6, 6.07) is 17.9. The minimum atomic E-state index is -0.715. The summed E-state index contributed by atoms with van der Waals surface area (Å²) in [4.78, 5) is 41.9. The van der Waals surface area contributed by atoms with Gasteiger partial charge in [0.2, 0.25) is 0 Å². The van der Waals surface area contributed by atoms with Crippen molar-refractivity contribution < 1.29 is 18.7 Å². The smallest absolute Gasteiger partial charge is 0.326 e. The van der Waals surface area contributed by atoms with Crippen molar-refractivity contribution in [1.29, 1.82) is 0 Å². The predicted octanol–water partition coefficient (Wildman–Crippen LogP) is 3.22. The highest BCUT2D eigenvalue weighted by atomic mass is 16.5. The second-order valence-corrected chi connectivity index (χ2v) is 8.22. The van der Waals surface area contributed by atoms with E-state index >= 15 is 0 Å². The van der Waals surface area contributed by atoms with Gasteiger partial charge in [0.25, 0.3) is 11.5 Å². The van der Waals surface area contributed by atoms with Crippen molar-refractivity contribution in [3.8, 4) is 0 Å². The molecule has 9 nitrogen and oxygen atoms in total. The molecule has 0 radical (unpaired) electrons. The molecule has 0 bridgehead atoms. The monoisotopic (exact) mass is 470 g/mol. The Kier molecular flexibility index (Phi) is 5.97. The van der Waals surface area contributed by atoms with E-state index in [4.69, 9.17) is 9.15 Å². The first-order chi connectivity index (χ1) is 17.0. The van der Waals surface area contributed by atoms with Crippen LogP contribution in [-0.2, 0) is 20.9 Å². The highest BCUT2D eigenvalue weighted by molar-refractivity contribution is 6.03. The summed E-state index contributed by atoms with van der Waals surface area (Å²) < 4.78 is 12.0. The number of benzene rings is 2. The Morgan fingerprint density at radius 1 is 1.09 bits per heavy atom. The third-order valence-corrected chi connectivity index (χ3v) is 5.82. The summed E-state index contributed by atoms with van der Waals surface area (Å²) in [7, 11) is 0. The summed E-state index contributed by atoms with van der Waals surface area (Å²) in [6.45, 7) is 1.14. The largest absolute Gasteiger partial charge is 0.467 e. The van der Waals surface area contributed by atoms with Gasteiger partial charge in [-0.3, -0.25) is 19.0 Å². The van der Waals surface area contributed by atoms with E-state index in [2.05, 4.69) is 10.1 Å². The van der Waals surface area contributed by atoms with Crippen molar-refractivity contribution in [3.63, 3.8) is 0 Å². The Balaban J connectivity index is 1.31. The Hall–Kier alpha value is -4.53. The van der Waals surface area contributed by atoms with Gasteiger partial charge in [0.15, 0.2) is 6.61 Å². The first kappa shape index (κ1) is 22.3. The molecule has 0 aliphatic carbocycles. The second-order valence-electron chi connectivity index (χ2n) is 8.22. The maximum absolute atomic E-state index is 13.0. The van der Waals surface area contributed by atoms with Crippen LogP contribution in [0.1, 0.15) is 29.3 Å². The average Bonchev–Trinajstić information content (AvgIpc) is 3.55.